The number of aromatic nitrogens is 1. The van der Waals surface area contributed by atoms with Crippen molar-refractivity contribution in [1.82, 2.24) is 4.98 Å². The Morgan fingerprint density at radius 1 is 1.10 bits per heavy atom. The molecule has 1 heterocycles. The molecule has 1 atom stereocenters. The van der Waals surface area contributed by atoms with Crippen molar-refractivity contribution in [2.45, 2.75) is 25.9 Å². The zero-order valence-electron chi connectivity index (χ0n) is 16.4. The van der Waals surface area contributed by atoms with Gasteiger partial charge in [0, 0.05) is 18.2 Å². The van der Waals surface area contributed by atoms with Gasteiger partial charge in [-0.25, -0.2) is 4.98 Å². The lowest BCUT2D eigenvalue weighted by atomic mass is 10.2. The van der Waals surface area contributed by atoms with E-state index >= 15 is 0 Å². The second-order valence-corrected chi connectivity index (χ2v) is 6.27. The SMILES string of the molecule is COc1ccc(NC(=O)[C@H](C)OC(=O)CCc2nc3ccccc3o2)cc1OC. The number of oxazole rings is 1. The minimum atomic E-state index is -0.959. The molecular weight excluding hydrogens is 376 g/mol. The number of hydrogen-bond donors (Lipinski definition) is 1. The molecule has 0 bridgehead atoms. The Balaban J connectivity index is 1.51. The van der Waals surface area contributed by atoms with Crippen LogP contribution in [0.3, 0.4) is 0 Å². The topological polar surface area (TPSA) is 99.9 Å². The molecular formula is C21H22N2O6. The van der Waals surface area contributed by atoms with Crippen molar-refractivity contribution in [2.75, 3.05) is 19.5 Å². The number of nitrogens with zero attached hydrogens (tertiary/aromatic N) is 1. The van der Waals surface area contributed by atoms with Crippen LogP contribution in [0.2, 0.25) is 0 Å². The molecule has 0 aliphatic heterocycles. The standard InChI is InChI=1S/C21H22N2O6/c1-13(21(25)22-14-8-9-17(26-2)18(12-14)27-3)28-20(24)11-10-19-23-15-6-4-5-7-16(15)29-19/h4-9,12-13H,10-11H2,1-3H3,(H,22,25)/t13-/m0/s1. The summed E-state index contributed by atoms with van der Waals surface area (Å²) in [5.41, 5.74) is 1.90. The number of carbonyl (C=O) groups is 2. The number of carbonyl (C=O) groups excluding carboxylic acids is 2. The van der Waals surface area contributed by atoms with Gasteiger partial charge in [0.1, 0.15) is 5.52 Å². The summed E-state index contributed by atoms with van der Waals surface area (Å²) in [6.07, 6.45) is -0.613. The van der Waals surface area contributed by atoms with E-state index in [9.17, 15) is 9.59 Å². The highest BCUT2D eigenvalue weighted by molar-refractivity contribution is 5.95. The number of rotatable bonds is 8. The Bertz CT molecular complexity index is 980. The molecule has 1 N–H and O–H groups in total. The third kappa shape index (κ3) is 5.04. The van der Waals surface area contributed by atoms with E-state index in [0.717, 1.165) is 5.52 Å². The van der Waals surface area contributed by atoms with Crippen LogP contribution < -0.4 is 14.8 Å². The zero-order chi connectivity index (χ0) is 20.8. The fourth-order valence-electron chi connectivity index (χ4n) is 2.70. The molecule has 0 fully saturated rings. The maximum absolute atomic E-state index is 12.3. The quantitative estimate of drug-likeness (QED) is 0.581. The third-order valence-corrected chi connectivity index (χ3v) is 4.21. The molecule has 1 amide bonds. The van der Waals surface area contributed by atoms with E-state index in [1.54, 1.807) is 18.2 Å². The van der Waals surface area contributed by atoms with Gasteiger partial charge in [-0.1, -0.05) is 12.1 Å². The second-order valence-electron chi connectivity index (χ2n) is 6.27. The van der Waals surface area contributed by atoms with Crippen LogP contribution in [0.15, 0.2) is 46.9 Å². The highest BCUT2D eigenvalue weighted by atomic mass is 16.5. The van der Waals surface area contributed by atoms with Gasteiger partial charge in [0.2, 0.25) is 0 Å². The van der Waals surface area contributed by atoms with E-state index in [-0.39, 0.29) is 12.8 Å². The minimum absolute atomic E-state index is 0.0563. The van der Waals surface area contributed by atoms with Crippen molar-refractivity contribution in [3.8, 4) is 11.5 Å². The lowest BCUT2D eigenvalue weighted by molar-refractivity contribution is -0.153. The van der Waals surface area contributed by atoms with Gasteiger partial charge in [-0.15, -0.1) is 0 Å². The number of nitrogens with one attached hydrogen (secondary N) is 1. The molecule has 1 aromatic heterocycles. The largest absolute Gasteiger partial charge is 0.493 e. The van der Waals surface area contributed by atoms with Crippen LogP contribution in [0, 0.1) is 0 Å². The summed E-state index contributed by atoms with van der Waals surface area (Å²) in [4.78, 5) is 28.7. The molecule has 0 aliphatic rings. The molecule has 3 aromatic rings. The molecule has 8 nitrogen and oxygen atoms in total. The molecule has 29 heavy (non-hydrogen) atoms. The van der Waals surface area contributed by atoms with Crippen LogP contribution in [0.5, 0.6) is 11.5 Å². The fraction of sp³-hybridized carbons (Fsp3) is 0.286. The van der Waals surface area contributed by atoms with Gasteiger partial charge >= 0.3 is 5.97 Å². The normalized spacial score (nSPS) is 11.7. The van der Waals surface area contributed by atoms with Gasteiger partial charge in [0.25, 0.3) is 5.91 Å². The van der Waals surface area contributed by atoms with Crippen molar-refractivity contribution in [3.63, 3.8) is 0 Å². The first-order valence-electron chi connectivity index (χ1n) is 9.07. The Hall–Kier alpha value is -3.55. The van der Waals surface area contributed by atoms with E-state index in [2.05, 4.69) is 10.3 Å². The molecule has 3 rings (SSSR count). The highest BCUT2D eigenvalue weighted by Gasteiger charge is 2.19. The van der Waals surface area contributed by atoms with E-state index in [4.69, 9.17) is 18.6 Å². The molecule has 2 aromatic carbocycles. The van der Waals surface area contributed by atoms with Gasteiger partial charge in [-0.05, 0) is 31.2 Å². The molecule has 0 saturated carbocycles. The van der Waals surface area contributed by atoms with Gasteiger partial charge in [0.05, 0.1) is 20.6 Å². The van der Waals surface area contributed by atoms with Crippen LogP contribution in [0.25, 0.3) is 11.1 Å². The number of ether oxygens (including phenoxy) is 3. The summed E-state index contributed by atoms with van der Waals surface area (Å²) >= 11 is 0. The maximum Gasteiger partial charge on any atom is 0.307 e. The Morgan fingerprint density at radius 3 is 2.59 bits per heavy atom. The second kappa shape index (κ2) is 9.09. The predicted molar refractivity (Wildman–Crippen MR) is 106 cm³/mol. The van der Waals surface area contributed by atoms with Crippen LogP contribution in [0.4, 0.5) is 5.69 Å². The summed E-state index contributed by atoms with van der Waals surface area (Å²) in [7, 11) is 3.03. The van der Waals surface area contributed by atoms with Gasteiger partial charge < -0.3 is 23.9 Å². The number of methoxy groups -OCH3 is 2. The smallest absolute Gasteiger partial charge is 0.307 e. The van der Waals surface area contributed by atoms with Crippen LogP contribution >= 0.6 is 0 Å². The summed E-state index contributed by atoms with van der Waals surface area (Å²) in [5.74, 6) is 0.512. The zero-order valence-corrected chi connectivity index (χ0v) is 16.4. The van der Waals surface area contributed by atoms with E-state index in [0.29, 0.717) is 28.7 Å². The minimum Gasteiger partial charge on any atom is -0.493 e. The summed E-state index contributed by atoms with van der Waals surface area (Å²) < 4.78 is 21.1. The van der Waals surface area contributed by atoms with Crippen molar-refractivity contribution >= 4 is 28.7 Å². The molecule has 0 radical (unpaired) electrons. The summed E-state index contributed by atoms with van der Waals surface area (Å²) in [6, 6.07) is 12.3. The lowest BCUT2D eigenvalue weighted by Gasteiger charge is -2.14. The molecule has 8 heteroatoms. The molecule has 152 valence electrons. The highest BCUT2D eigenvalue weighted by Crippen LogP contribution is 2.29. The van der Waals surface area contributed by atoms with Crippen molar-refractivity contribution in [2.24, 2.45) is 0 Å². The summed E-state index contributed by atoms with van der Waals surface area (Å²) in [5, 5.41) is 2.68. The van der Waals surface area contributed by atoms with Crippen LogP contribution in [0.1, 0.15) is 19.2 Å². The Morgan fingerprint density at radius 2 is 1.86 bits per heavy atom. The number of benzene rings is 2. The molecule has 0 spiro atoms. The van der Waals surface area contributed by atoms with E-state index < -0.39 is 18.0 Å². The first-order chi connectivity index (χ1) is 14.0. The average Bonchev–Trinajstić information content (AvgIpc) is 3.15. The Kier molecular flexibility index (Phi) is 6.33. The van der Waals surface area contributed by atoms with E-state index in [1.807, 2.05) is 24.3 Å². The lowest BCUT2D eigenvalue weighted by Crippen LogP contribution is -2.30. The van der Waals surface area contributed by atoms with Crippen molar-refractivity contribution in [1.29, 1.82) is 0 Å². The van der Waals surface area contributed by atoms with Crippen molar-refractivity contribution < 1.29 is 28.2 Å². The number of para-hydroxylation sites is 2. The number of amides is 1. The average molecular weight is 398 g/mol. The monoisotopic (exact) mass is 398 g/mol. The number of hydrogen-bond acceptors (Lipinski definition) is 7. The van der Waals surface area contributed by atoms with Crippen LogP contribution in [-0.2, 0) is 20.7 Å². The van der Waals surface area contributed by atoms with Crippen LogP contribution in [-0.4, -0.2) is 37.2 Å². The fourth-order valence-corrected chi connectivity index (χ4v) is 2.70. The Labute approximate surface area is 167 Å². The van der Waals surface area contributed by atoms with Crippen molar-refractivity contribution in [3.05, 3.63) is 48.4 Å². The maximum atomic E-state index is 12.3. The first kappa shape index (κ1) is 20.2. The number of fused-ring (bicyclic) bond motifs is 1. The predicted octanol–water partition coefficient (Wildman–Crippen LogP) is 3.35. The van der Waals surface area contributed by atoms with Gasteiger partial charge in [-0.2, -0.15) is 0 Å². The molecule has 0 aliphatic carbocycles. The first-order valence-corrected chi connectivity index (χ1v) is 9.07. The van der Waals surface area contributed by atoms with E-state index in [1.165, 1.54) is 21.1 Å². The molecule has 0 unspecified atom stereocenters. The van der Waals surface area contributed by atoms with Gasteiger partial charge in [-0.3, -0.25) is 9.59 Å². The third-order valence-electron chi connectivity index (χ3n) is 4.21. The molecule has 0 saturated heterocycles. The van der Waals surface area contributed by atoms with Gasteiger partial charge in [0.15, 0.2) is 29.1 Å². The number of esters is 1. The number of aryl methyl sites for hydroxylation is 1. The number of anilines is 1. The summed E-state index contributed by atoms with van der Waals surface area (Å²) in [6.45, 7) is 1.51.